The fraction of sp³-hybridized carbons (Fsp3) is 0.877. The Morgan fingerprint density at radius 2 is 0.943 bits per heavy atom. The van der Waals surface area contributed by atoms with E-state index >= 15 is 0 Å². The first-order valence-corrected chi connectivity index (χ1v) is 30.3. The topological polar surface area (TPSA) is 192 Å². The average molecular weight is 1010 g/mol. The van der Waals surface area contributed by atoms with E-state index in [1.54, 1.807) is 6.08 Å². The fourth-order valence-corrected chi connectivity index (χ4v) is 9.72. The average Bonchev–Trinajstić information content (AvgIpc) is 3.33. The van der Waals surface area contributed by atoms with Gasteiger partial charge in [0.1, 0.15) is 24.4 Å². The summed E-state index contributed by atoms with van der Waals surface area (Å²) in [5, 5.41) is 45.0. The highest BCUT2D eigenvalue weighted by atomic mass is 32.3. The van der Waals surface area contributed by atoms with Crippen LogP contribution in [0.25, 0.3) is 0 Å². The van der Waals surface area contributed by atoms with Crippen molar-refractivity contribution in [3.05, 3.63) is 36.5 Å². The number of nitrogens with one attached hydrogen (secondary N) is 1. The molecule has 0 aliphatic carbocycles. The number of hydrogen-bond donors (Lipinski definition) is 6. The van der Waals surface area contributed by atoms with Crippen molar-refractivity contribution in [1.29, 1.82) is 0 Å². The molecule has 70 heavy (non-hydrogen) atoms. The molecule has 0 bridgehead atoms. The summed E-state index contributed by atoms with van der Waals surface area (Å²) in [7, 11) is -5.09. The fourth-order valence-electron chi connectivity index (χ4n) is 9.21. The number of aliphatic hydroxyl groups is 4. The lowest BCUT2D eigenvalue weighted by atomic mass is 9.99. The molecule has 7 unspecified atom stereocenters. The van der Waals surface area contributed by atoms with Crippen LogP contribution in [0.4, 0.5) is 0 Å². The second kappa shape index (κ2) is 47.1. The zero-order chi connectivity index (χ0) is 51.2. The largest absolute Gasteiger partial charge is 0.397 e. The Morgan fingerprint density at radius 1 is 0.571 bits per heavy atom. The van der Waals surface area contributed by atoms with Gasteiger partial charge in [-0.1, -0.05) is 249 Å². The third kappa shape index (κ3) is 38.9. The van der Waals surface area contributed by atoms with Gasteiger partial charge in [0.25, 0.3) is 0 Å². The van der Waals surface area contributed by atoms with Crippen LogP contribution in [0.15, 0.2) is 36.5 Å². The Balaban J connectivity index is 2.38. The van der Waals surface area contributed by atoms with E-state index in [2.05, 4.69) is 47.7 Å². The van der Waals surface area contributed by atoms with Gasteiger partial charge in [0.05, 0.1) is 25.4 Å². The van der Waals surface area contributed by atoms with Gasteiger partial charge in [-0.2, -0.15) is 8.42 Å². The molecule has 1 heterocycles. The molecule has 12 nitrogen and oxygen atoms in total. The molecule has 1 fully saturated rings. The highest BCUT2D eigenvalue weighted by Gasteiger charge is 2.48. The van der Waals surface area contributed by atoms with Crippen LogP contribution >= 0.6 is 0 Å². The molecule has 7 atom stereocenters. The molecule has 1 aliphatic heterocycles. The van der Waals surface area contributed by atoms with E-state index in [0.29, 0.717) is 6.42 Å². The van der Waals surface area contributed by atoms with E-state index in [4.69, 9.17) is 9.47 Å². The van der Waals surface area contributed by atoms with Gasteiger partial charge in [0.15, 0.2) is 6.29 Å². The Labute approximate surface area is 428 Å². The second-order valence-corrected chi connectivity index (χ2v) is 21.3. The maximum atomic E-state index is 13.1. The number of rotatable bonds is 50. The van der Waals surface area contributed by atoms with Gasteiger partial charge in [-0.25, -0.2) is 4.18 Å². The molecule has 0 saturated carbocycles. The zero-order valence-corrected chi connectivity index (χ0v) is 45.4. The first-order valence-electron chi connectivity index (χ1n) is 28.9. The quantitative estimate of drug-likeness (QED) is 0.0147. The minimum atomic E-state index is -5.09. The third-order valence-electron chi connectivity index (χ3n) is 13.7. The molecule has 1 amide bonds. The van der Waals surface area contributed by atoms with Gasteiger partial charge < -0.3 is 35.2 Å². The van der Waals surface area contributed by atoms with E-state index < -0.39 is 59.9 Å². The lowest BCUT2D eigenvalue weighted by Gasteiger charge is -2.41. The Kier molecular flexibility index (Phi) is 44.6. The molecular formula is C57H107NO11S. The first kappa shape index (κ1) is 66.3. The van der Waals surface area contributed by atoms with Crippen molar-refractivity contribution in [2.24, 2.45) is 0 Å². The molecule has 0 radical (unpaired) electrons. The van der Waals surface area contributed by atoms with Crippen LogP contribution in [-0.2, 0) is 28.9 Å². The molecule has 1 aliphatic rings. The van der Waals surface area contributed by atoms with Crippen LogP contribution < -0.4 is 5.32 Å². The van der Waals surface area contributed by atoms with Crippen LogP contribution in [0.1, 0.15) is 264 Å². The second-order valence-electron chi connectivity index (χ2n) is 20.3. The minimum absolute atomic E-state index is 0.264. The van der Waals surface area contributed by atoms with E-state index in [0.717, 1.165) is 44.9 Å². The SMILES string of the molecule is CCCCC/C=C\C=C/CCCCCCCCCCCCC(=O)NC(COC1OC(CO)C(O)C(OS(=O)(=O)O)C1O)C(O)/C=C/CCCCCCCCCCCCCCCCCCCCCCCC. The summed E-state index contributed by atoms with van der Waals surface area (Å²) in [6, 6.07) is -0.947. The number of hydrogen-bond acceptors (Lipinski definition) is 10. The summed E-state index contributed by atoms with van der Waals surface area (Å²) in [6.07, 6.45) is 50.4. The van der Waals surface area contributed by atoms with Gasteiger partial charge in [0.2, 0.25) is 5.91 Å². The van der Waals surface area contributed by atoms with Crippen LogP contribution in [0.3, 0.4) is 0 Å². The number of carbonyl (C=O) groups is 1. The summed E-state index contributed by atoms with van der Waals surface area (Å²) in [4.78, 5) is 13.1. The van der Waals surface area contributed by atoms with E-state index in [9.17, 15) is 38.2 Å². The maximum Gasteiger partial charge on any atom is 0.397 e. The van der Waals surface area contributed by atoms with Gasteiger partial charge in [0, 0.05) is 6.42 Å². The highest BCUT2D eigenvalue weighted by Crippen LogP contribution is 2.26. The summed E-state index contributed by atoms with van der Waals surface area (Å²) in [5.41, 5.74) is 0. The zero-order valence-electron chi connectivity index (χ0n) is 44.6. The van der Waals surface area contributed by atoms with Gasteiger partial charge in [-0.15, -0.1) is 0 Å². The Bertz CT molecular complexity index is 1380. The predicted molar refractivity (Wildman–Crippen MR) is 287 cm³/mol. The lowest BCUT2D eigenvalue weighted by Crippen LogP contribution is -2.61. The van der Waals surface area contributed by atoms with Crippen LogP contribution in [0.5, 0.6) is 0 Å². The van der Waals surface area contributed by atoms with Crippen molar-refractivity contribution < 1.29 is 51.8 Å². The van der Waals surface area contributed by atoms with Crippen molar-refractivity contribution in [1.82, 2.24) is 5.32 Å². The van der Waals surface area contributed by atoms with Crippen molar-refractivity contribution in [2.45, 2.75) is 307 Å². The van der Waals surface area contributed by atoms with Crippen LogP contribution in [0, 0.1) is 0 Å². The van der Waals surface area contributed by atoms with E-state index in [-0.39, 0.29) is 18.9 Å². The van der Waals surface area contributed by atoms with Crippen molar-refractivity contribution in [3.8, 4) is 0 Å². The summed E-state index contributed by atoms with van der Waals surface area (Å²) >= 11 is 0. The number of carbonyl (C=O) groups excluding carboxylic acids is 1. The molecule has 0 spiro atoms. The molecule has 6 N–H and O–H groups in total. The van der Waals surface area contributed by atoms with Gasteiger partial charge >= 0.3 is 10.4 Å². The molecule has 13 heteroatoms. The van der Waals surface area contributed by atoms with Gasteiger partial charge in [-0.05, 0) is 44.9 Å². The molecule has 412 valence electrons. The number of allylic oxidation sites excluding steroid dienone is 5. The molecule has 1 saturated heterocycles. The number of ether oxygens (including phenoxy) is 2. The van der Waals surface area contributed by atoms with E-state index in [1.807, 2.05) is 6.08 Å². The maximum absolute atomic E-state index is 13.1. The molecule has 0 aromatic rings. The van der Waals surface area contributed by atoms with Crippen molar-refractivity contribution in [2.75, 3.05) is 13.2 Å². The predicted octanol–water partition coefficient (Wildman–Crippen LogP) is 13.4. The molecular weight excluding hydrogens is 907 g/mol. The smallest absolute Gasteiger partial charge is 0.394 e. The molecule has 0 aromatic heterocycles. The molecule has 1 rings (SSSR count). The number of unbranched alkanes of at least 4 members (excludes halogenated alkanes) is 35. The number of amides is 1. The van der Waals surface area contributed by atoms with Crippen molar-refractivity contribution >= 4 is 16.3 Å². The third-order valence-corrected chi connectivity index (χ3v) is 14.2. The Hall–Kier alpha value is -1.68. The first-order chi connectivity index (χ1) is 34.0. The summed E-state index contributed by atoms with van der Waals surface area (Å²) < 4.78 is 47.8. The van der Waals surface area contributed by atoms with Gasteiger partial charge in [-0.3, -0.25) is 9.35 Å². The summed E-state index contributed by atoms with van der Waals surface area (Å²) in [6.45, 7) is 3.40. The molecule has 0 aromatic carbocycles. The van der Waals surface area contributed by atoms with Crippen LogP contribution in [-0.4, -0.2) is 95.4 Å². The minimum Gasteiger partial charge on any atom is -0.394 e. The van der Waals surface area contributed by atoms with E-state index in [1.165, 1.54) is 193 Å². The standard InChI is InChI=1S/C57H107NO11S/c1-3-5-7-9-11-13-15-17-19-21-23-24-25-26-27-29-30-32-34-36-38-40-42-44-46-51(60)50(49-67-57-55(63)56(69-70(64,65)66)54(62)52(48-59)68-57)58-53(61)47-45-43-41-39-37-35-33-31-28-22-20-18-16-14-12-10-8-6-4-2/h12,14,16,18,44,46,50-52,54-57,59-60,62-63H,3-11,13,15,17,19-43,45,47-49H2,1-2H3,(H,58,61)(H,64,65,66)/b14-12-,18-16-,46-44+. The Morgan fingerprint density at radius 3 is 1.36 bits per heavy atom. The monoisotopic (exact) mass is 1010 g/mol. The number of aliphatic hydroxyl groups excluding tert-OH is 4. The van der Waals surface area contributed by atoms with Crippen LogP contribution in [0.2, 0.25) is 0 Å². The highest BCUT2D eigenvalue weighted by molar-refractivity contribution is 7.80. The summed E-state index contributed by atoms with van der Waals surface area (Å²) in [5.74, 6) is -0.264. The van der Waals surface area contributed by atoms with Crippen molar-refractivity contribution in [3.63, 3.8) is 0 Å². The lowest BCUT2D eigenvalue weighted by molar-refractivity contribution is -0.298. The normalized spacial score (nSPS) is 19.8.